The van der Waals surface area contributed by atoms with Crippen molar-refractivity contribution in [3.8, 4) is 0 Å². The third kappa shape index (κ3) is 2.80. The number of hydrogen-bond acceptors (Lipinski definition) is 2. The zero-order chi connectivity index (χ0) is 10.1. The van der Waals surface area contributed by atoms with E-state index in [1.807, 2.05) is 0 Å². The summed E-state index contributed by atoms with van der Waals surface area (Å²) < 4.78 is 0. The largest absolute Gasteiger partial charge is 0.300 e. The first-order valence-corrected chi connectivity index (χ1v) is 4.97. The lowest BCUT2D eigenvalue weighted by Gasteiger charge is -2.42. The van der Waals surface area contributed by atoms with E-state index in [9.17, 15) is 4.79 Å². The summed E-state index contributed by atoms with van der Waals surface area (Å²) in [6, 6.07) is 0. The molecule has 75 valence electrons. The van der Waals surface area contributed by atoms with Gasteiger partial charge in [0.1, 0.15) is 5.78 Å². The molecule has 1 radical (unpaired) electrons. The normalized spacial score (nSPS) is 23.9. The van der Waals surface area contributed by atoms with E-state index in [1.165, 1.54) is 5.92 Å². The molecule has 1 aliphatic heterocycles. The van der Waals surface area contributed by atoms with Gasteiger partial charge in [0, 0.05) is 31.5 Å². The number of piperidine rings is 1. The third-order valence-corrected chi connectivity index (χ3v) is 2.65. The highest BCUT2D eigenvalue weighted by molar-refractivity contribution is 5.80. The van der Waals surface area contributed by atoms with E-state index in [-0.39, 0.29) is 5.54 Å². The van der Waals surface area contributed by atoms with Crippen molar-refractivity contribution in [2.24, 2.45) is 0 Å². The average molecular weight is 182 g/mol. The van der Waals surface area contributed by atoms with Crippen molar-refractivity contribution in [1.82, 2.24) is 4.90 Å². The van der Waals surface area contributed by atoms with Crippen molar-refractivity contribution in [2.45, 2.75) is 46.1 Å². The van der Waals surface area contributed by atoms with Crippen molar-refractivity contribution < 1.29 is 4.79 Å². The first kappa shape index (κ1) is 10.7. The van der Waals surface area contributed by atoms with Crippen LogP contribution in [-0.4, -0.2) is 29.3 Å². The number of nitrogens with zero attached hydrogens (tertiary/aromatic N) is 1. The molecule has 0 atom stereocenters. The summed E-state index contributed by atoms with van der Waals surface area (Å²) >= 11 is 0. The van der Waals surface area contributed by atoms with E-state index in [2.05, 4.69) is 32.6 Å². The minimum atomic E-state index is 0.0621. The van der Waals surface area contributed by atoms with Crippen molar-refractivity contribution in [1.29, 1.82) is 0 Å². The quantitative estimate of drug-likeness (QED) is 0.651. The third-order valence-electron chi connectivity index (χ3n) is 2.65. The molecule has 0 amide bonds. The molecule has 1 fully saturated rings. The first-order chi connectivity index (χ1) is 5.92. The van der Waals surface area contributed by atoms with Gasteiger partial charge in [0.05, 0.1) is 0 Å². The van der Waals surface area contributed by atoms with Gasteiger partial charge in [-0.15, -0.1) is 0 Å². The Hall–Kier alpha value is -0.370. The van der Waals surface area contributed by atoms with Crippen LogP contribution in [0.15, 0.2) is 0 Å². The molecular formula is C11H20NO. The van der Waals surface area contributed by atoms with Crippen LogP contribution in [0.3, 0.4) is 0 Å². The highest BCUT2D eigenvalue weighted by atomic mass is 16.1. The summed E-state index contributed by atoms with van der Waals surface area (Å²) in [5, 5.41) is 0. The molecule has 13 heavy (non-hydrogen) atoms. The Morgan fingerprint density at radius 3 is 2.54 bits per heavy atom. The number of carbonyl (C=O) groups excluding carboxylic acids is 1. The van der Waals surface area contributed by atoms with Crippen LogP contribution in [0, 0.1) is 5.92 Å². The molecule has 0 aromatic carbocycles. The van der Waals surface area contributed by atoms with Gasteiger partial charge >= 0.3 is 0 Å². The number of Topliss-reactive ketones (excluding diaryl/α,β-unsaturated/α-hetero) is 1. The molecule has 0 bridgehead atoms. The van der Waals surface area contributed by atoms with Gasteiger partial charge in [0.25, 0.3) is 0 Å². The Bertz CT molecular complexity index is 196. The highest BCUT2D eigenvalue weighted by Gasteiger charge is 2.33. The number of hydrogen-bond donors (Lipinski definition) is 0. The molecule has 0 unspecified atom stereocenters. The van der Waals surface area contributed by atoms with Gasteiger partial charge in [-0.3, -0.25) is 9.69 Å². The Morgan fingerprint density at radius 2 is 2.08 bits per heavy atom. The van der Waals surface area contributed by atoms with E-state index in [0.717, 1.165) is 19.5 Å². The van der Waals surface area contributed by atoms with Gasteiger partial charge in [-0.25, -0.2) is 0 Å². The Kier molecular flexibility index (Phi) is 3.12. The zero-order valence-corrected chi connectivity index (χ0v) is 9.18. The van der Waals surface area contributed by atoms with Gasteiger partial charge < -0.3 is 0 Å². The Labute approximate surface area is 81.3 Å². The summed E-state index contributed by atoms with van der Waals surface area (Å²) in [6.45, 7) is 10.6. The fraction of sp³-hybridized carbons (Fsp3) is 0.818. The predicted octanol–water partition coefficient (Wildman–Crippen LogP) is 2.04. The summed E-state index contributed by atoms with van der Waals surface area (Å²) in [4.78, 5) is 13.7. The van der Waals surface area contributed by atoms with Gasteiger partial charge in [-0.05, 0) is 19.8 Å². The second kappa shape index (κ2) is 3.79. The maximum absolute atomic E-state index is 11.3. The molecule has 0 saturated carbocycles. The molecule has 1 aliphatic rings. The van der Waals surface area contributed by atoms with Crippen molar-refractivity contribution in [2.75, 3.05) is 13.1 Å². The van der Waals surface area contributed by atoms with E-state index >= 15 is 0 Å². The number of ketones is 1. The van der Waals surface area contributed by atoms with Crippen molar-refractivity contribution in [3.63, 3.8) is 0 Å². The lowest BCUT2D eigenvalue weighted by molar-refractivity contribution is -0.125. The highest BCUT2D eigenvalue weighted by Crippen LogP contribution is 2.26. The monoisotopic (exact) mass is 182 g/mol. The summed E-state index contributed by atoms with van der Waals surface area (Å²) in [5.74, 6) is 1.83. The lowest BCUT2D eigenvalue weighted by atomic mass is 9.89. The molecule has 0 aromatic rings. The lowest BCUT2D eigenvalue weighted by Crippen LogP contribution is -2.51. The molecule has 0 aromatic heterocycles. The minimum absolute atomic E-state index is 0.0621. The van der Waals surface area contributed by atoms with Crippen LogP contribution < -0.4 is 0 Å². The Morgan fingerprint density at radius 1 is 1.46 bits per heavy atom. The SMILES string of the molecule is C[C](C)CN1CCC(=O)CC1(C)C. The maximum atomic E-state index is 11.3. The number of rotatable bonds is 2. The second-order valence-electron chi connectivity index (χ2n) is 4.91. The molecule has 0 aliphatic carbocycles. The van der Waals surface area contributed by atoms with Gasteiger partial charge in [-0.1, -0.05) is 13.8 Å². The van der Waals surface area contributed by atoms with Crippen LogP contribution in [0.4, 0.5) is 0 Å². The minimum Gasteiger partial charge on any atom is -0.300 e. The van der Waals surface area contributed by atoms with Crippen LogP contribution >= 0.6 is 0 Å². The average Bonchev–Trinajstić information content (AvgIpc) is 1.93. The number of likely N-dealkylation sites (tertiary alicyclic amines) is 1. The molecular weight excluding hydrogens is 162 g/mol. The molecule has 1 rings (SSSR count). The Balaban J connectivity index is 2.59. The van der Waals surface area contributed by atoms with E-state index < -0.39 is 0 Å². The summed E-state index contributed by atoms with van der Waals surface area (Å²) in [5.41, 5.74) is 0.0621. The van der Waals surface area contributed by atoms with E-state index in [0.29, 0.717) is 12.2 Å². The standard InChI is InChI=1S/C11H20NO/c1-9(2)8-12-6-5-10(13)7-11(12,3)4/h5-8H2,1-4H3. The molecule has 1 heterocycles. The van der Waals surface area contributed by atoms with Crippen molar-refractivity contribution >= 4 is 5.78 Å². The predicted molar refractivity (Wildman–Crippen MR) is 54.5 cm³/mol. The van der Waals surface area contributed by atoms with Crippen LogP contribution in [0.25, 0.3) is 0 Å². The van der Waals surface area contributed by atoms with Crippen LogP contribution in [-0.2, 0) is 4.79 Å². The van der Waals surface area contributed by atoms with Crippen molar-refractivity contribution in [3.05, 3.63) is 5.92 Å². The molecule has 0 N–H and O–H groups in total. The van der Waals surface area contributed by atoms with E-state index in [1.54, 1.807) is 0 Å². The maximum Gasteiger partial charge on any atom is 0.136 e. The van der Waals surface area contributed by atoms with Gasteiger partial charge in [-0.2, -0.15) is 0 Å². The van der Waals surface area contributed by atoms with Crippen LogP contribution in [0.5, 0.6) is 0 Å². The van der Waals surface area contributed by atoms with Gasteiger partial charge in [0.15, 0.2) is 0 Å². The first-order valence-electron chi connectivity index (χ1n) is 4.97. The fourth-order valence-electron chi connectivity index (χ4n) is 1.92. The number of carbonyl (C=O) groups is 1. The zero-order valence-electron chi connectivity index (χ0n) is 9.18. The summed E-state index contributed by atoms with van der Waals surface area (Å²) in [7, 11) is 0. The van der Waals surface area contributed by atoms with Gasteiger partial charge in [0.2, 0.25) is 0 Å². The van der Waals surface area contributed by atoms with E-state index in [4.69, 9.17) is 0 Å². The summed E-state index contributed by atoms with van der Waals surface area (Å²) in [6.07, 6.45) is 1.44. The van der Waals surface area contributed by atoms with Crippen LogP contribution in [0.1, 0.15) is 40.5 Å². The smallest absolute Gasteiger partial charge is 0.136 e. The van der Waals surface area contributed by atoms with Crippen LogP contribution in [0.2, 0.25) is 0 Å². The molecule has 0 spiro atoms. The molecule has 2 heteroatoms. The topological polar surface area (TPSA) is 20.3 Å². The second-order valence-corrected chi connectivity index (χ2v) is 4.91. The molecule has 2 nitrogen and oxygen atoms in total. The fourth-order valence-corrected chi connectivity index (χ4v) is 1.92. The molecule has 1 saturated heterocycles.